The Balaban J connectivity index is 1.75. The second kappa shape index (κ2) is 8.00. The van der Waals surface area contributed by atoms with E-state index < -0.39 is 11.7 Å². The molecule has 0 fully saturated rings. The van der Waals surface area contributed by atoms with Crippen LogP contribution < -0.4 is 20.4 Å². The number of carbonyl (C=O) groups excluding carboxylic acids is 2. The second-order valence-electron chi connectivity index (χ2n) is 6.81. The number of pyridine rings is 1. The van der Waals surface area contributed by atoms with Gasteiger partial charge in [-0.1, -0.05) is 19.1 Å². The molecule has 0 radical (unpaired) electrons. The number of benzene rings is 1. The predicted octanol–water partition coefficient (Wildman–Crippen LogP) is 2.28. The molecule has 0 saturated carbocycles. The van der Waals surface area contributed by atoms with Gasteiger partial charge in [-0.2, -0.15) is 0 Å². The molecular weight excluding hydrogens is 373 g/mol. The molecule has 0 bridgehead atoms. The third-order valence-electron chi connectivity index (χ3n) is 5.00. The van der Waals surface area contributed by atoms with E-state index in [1.165, 1.54) is 12.1 Å². The van der Waals surface area contributed by atoms with Gasteiger partial charge in [0.1, 0.15) is 17.2 Å². The molecule has 4 rings (SSSR count). The van der Waals surface area contributed by atoms with E-state index in [2.05, 4.69) is 15.6 Å². The molecule has 1 aromatic heterocycles. The number of amides is 1. The predicted molar refractivity (Wildman–Crippen MR) is 109 cm³/mol. The molecule has 0 unspecified atom stereocenters. The van der Waals surface area contributed by atoms with Crippen LogP contribution in [0.4, 0.5) is 21.6 Å². The Kier molecular flexibility index (Phi) is 5.26. The summed E-state index contributed by atoms with van der Waals surface area (Å²) in [6.07, 6.45) is 1.90. The van der Waals surface area contributed by atoms with Crippen molar-refractivity contribution in [2.75, 3.05) is 41.3 Å². The number of hydrogen-bond donors (Lipinski definition) is 2. The minimum atomic E-state index is -0.610. The van der Waals surface area contributed by atoms with Crippen molar-refractivity contribution < 1.29 is 14.0 Å². The molecule has 0 atom stereocenters. The number of carbonyl (C=O) groups is 2. The van der Waals surface area contributed by atoms with Crippen LogP contribution in [-0.4, -0.2) is 42.9 Å². The van der Waals surface area contributed by atoms with Crippen LogP contribution in [-0.2, 0) is 9.59 Å². The van der Waals surface area contributed by atoms with Crippen molar-refractivity contribution in [3.63, 3.8) is 0 Å². The first-order chi connectivity index (χ1) is 14.1. The largest absolute Gasteiger partial charge is 0.323 e. The summed E-state index contributed by atoms with van der Waals surface area (Å²) in [6, 6.07) is 9.67. The number of nitrogens with zero attached hydrogens (tertiary/aromatic N) is 3. The molecule has 29 heavy (non-hydrogen) atoms. The Morgan fingerprint density at radius 1 is 1.24 bits per heavy atom. The minimum Gasteiger partial charge on any atom is -0.323 e. The van der Waals surface area contributed by atoms with Crippen molar-refractivity contribution in [1.29, 1.82) is 0 Å². The van der Waals surface area contributed by atoms with Crippen molar-refractivity contribution in [2.45, 2.75) is 13.3 Å². The van der Waals surface area contributed by atoms with E-state index in [4.69, 9.17) is 0 Å². The number of Topliss-reactive ketones (excluding diaryl/α,β-unsaturated/α-hetero) is 1. The molecule has 2 aromatic rings. The van der Waals surface area contributed by atoms with Crippen LogP contribution in [0.25, 0.3) is 0 Å². The lowest BCUT2D eigenvalue weighted by Crippen LogP contribution is -2.42. The maximum Gasteiger partial charge on any atom is 0.263 e. The standard InChI is InChI=1S/C21H22FN5O2/c1-2-23-11-13-27-19-16(8-5-10-24-19)26-12-9-17(28)18(21(26)27)20(29)25-15-7-4-3-6-14(15)22/h3-8,10,23H,2,9,11-13H2,1H3,(H,25,29). The summed E-state index contributed by atoms with van der Waals surface area (Å²) in [5.74, 6) is -0.188. The van der Waals surface area contributed by atoms with E-state index in [9.17, 15) is 14.0 Å². The van der Waals surface area contributed by atoms with Crippen LogP contribution in [0.1, 0.15) is 13.3 Å². The van der Waals surface area contributed by atoms with Crippen LogP contribution in [0.15, 0.2) is 54.0 Å². The van der Waals surface area contributed by atoms with Gasteiger partial charge in [0, 0.05) is 32.3 Å². The quantitative estimate of drug-likeness (QED) is 0.577. The van der Waals surface area contributed by atoms with Gasteiger partial charge in [0.2, 0.25) is 0 Å². The van der Waals surface area contributed by atoms with Gasteiger partial charge in [0.05, 0.1) is 11.4 Å². The topological polar surface area (TPSA) is 77.6 Å². The maximum atomic E-state index is 14.0. The third-order valence-corrected chi connectivity index (χ3v) is 5.00. The lowest BCUT2D eigenvalue weighted by Gasteiger charge is -2.30. The van der Waals surface area contributed by atoms with Crippen molar-refractivity contribution in [3.8, 4) is 0 Å². The van der Waals surface area contributed by atoms with Gasteiger partial charge < -0.3 is 20.4 Å². The number of anilines is 3. The highest BCUT2D eigenvalue weighted by atomic mass is 19.1. The summed E-state index contributed by atoms with van der Waals surface area (Å²) in [5, 5.41) is 5.81. The van der Waals surface area contributed by atoms with Gasteiger partial charge in [-0.05, 0) is 30.8 Å². The molecule has 1 aromatic carbocycles. The highest BCUT2D eigenvalue weighted by molar-refractivity contribution is 6.25. The Morgan fingerprint density at radius 3 is 2.86 bits per heavy atom. The molecule has 0 saturated heterocycles. The summed E-state index contributed by atoms with van der Waals surface area (Å²) in [6.45, 7) is 4.51. The normalized spacial score (nSPS) is 15.4. The molecule has 0 aliphatic carbocycles. The fraction of sp³-hybridized carbons (Fsp3) is 0.286. The summed E-state index contributed by atoms with van der Waals surface area (Å²) in [7, 11) is 0. The van der Waals surface area contributed by atoms with Crippen LogP contribution >= 0.6 is 0 Å². The molecule has 1 amide bonds. The number of hydrogen-bond acceptors (Lipinski definition) is 6. The molecule has 150 valence electrons. The van der Waals surface area contributed by atoms with Crippen LogP contribution in [0.5, 0.6) is 0 Å². The van der Waals surface area contributed by atoms with Gasteiger partial charge in [-0.15, -0.1) is 0 Å². The molecular formula is C21H22FN5O2. The zero-order valence-electron chi connectivity index (χ0n) is 16.1. The summed E-state index contributed by atoms with van der Waals surface area (Å²) in [5.41, 5.74) is 0.944. The fourth-order valence-electron chi connectivity index (χ4n) is 3.68. The number of likely N-dealkylation sites (N-methyl/N-ethyl adjacent to an activating group) is 1. The summed E-state index contributed by atoms with van der Waals surface area (Å²) < 4.78 is 14.0. The van der Waals surface area contributed by atoms with E-state index >= 15 is 0 Å². The molecule has 0 spiro atoms. The molecule has 8 heteroatoms. The molecule has 2 aliphatic rings. The average molecular weight is 395 g/mol. The van der Waals surface area contributed by atoms with Crippen LogP contribution in [0.3, 0.4) is 0 Å². The third kappa shape index (κ3) is 3.47. The molecule has 2 N–H and O–H groups in total. The Hall–Kier alpha value is -3.26. The Bertz CT molecular complexity index is 991. The van der Waals surface area contributed by atoms with Crippen molar-refractivity contribution >= 4 is 28.9 Å². The number of para-hydroxylation sites is 1. The highest BCUT2D eigenvalue weighted by Crippen LogP contribution is 2.43. The van der Waals surface area contributed by atoms with Crippen LogP contribution in [0.2, 0.25) is 0 Å². The van der Waals surface area contributed by atoms with Gasteiger partial charge in [-0.25, -0.2) is 9.37 Å². The maximum absolute atomic E-state index is 14.0. The number of fused-ring (bicyclic) bond motifs is 3. The number of nitrogens with one attached hydrogen (secondary N) is 2. The first kappa shape index (κ1) is 19.1. The van der Waals surface area contributed by atoms with Crippen molar-refractivity contribution in [2.24, 2.45) is 0 Å². The second-order valence-corrected chi connectivity index (χ2v) is 6.81. The first-order valence-electron chi connectivity index (χ1n) is 9.66. The monoisotopic (exact) mass is 395 g/mol. The highest BCUT2D eigenvalue weighted by Gasteiger charge is 2.41. The van der Waals surface area contributed by atoms with Crippen molar-refractivity contribution in [1.82, 2.24) is 10.3 Å². The van der Waals surface area contributed by atoms with E-state index in [0.29, 0.717) is 31.3 Å². The average Bonchev–Trinajstić information content (AvgIpc) is 3.03. The van der Waals surface area contributed by atoms with Gasteiger partial charge in [-0.3, -0.25) is 9.59 Å². The van der Waals surface area contributed by atoms with Crippen molar-refractivity contribution in [3.05, 3.63) is 59.8 Å². The molecule has 3 heterocycles. The van der Waals surface area contributed by atoms with E-state index in [1.807, 2.05) is 28.9 Å². The minimum absolute atomic E-state index is 0.0361. The first-order valence-corrected chi connectivity index (χ1v) is 9.66. The van der Waals surface area contributed by atoms with E-state index in [-0.39, 0.29) is 23.5 Å². The SMILES string of the molecule is CCNCCN1C2=C(C(=O)Nc3ccccc3F)C(=O)CCN2c2cccnc21. The number of rotatable bonds is 6. The zero-order chi connectivity index (χ0) is 20.4. The molecule has 2 aliphatic heterocycles. The summed E-state index contributed by atoms with van der Waals surface area (Å²) >= 11 is 0. The number of halogens is 1. The fourth-order valence-corrected chi connectivity index (χ4v) is 3.68. The van der Waals surface area contributed by atoms with Gasteiger partial charge >= 0.3 is 0 Å². The Labute approximate surface area is 168 Å². The zero-order valence-corrected chi connectivity index (χ0v) is 16.1. The molecule has 7 nitrogen and oxygen atoms in total. The number of ketones is 1. The van der Waals surface area contributed by atoms with E-state index in [0.717, 1.165) is 12.2 Å². The van der Waals surface area contributed by atoms with Crippen LogP contribution in [0, 0.1) is 5.82 Å². The van der Waals surface area contributed by atoms with Gasteiger partial charge in [0.25, 0.3) is 5.91 Å². The summed E-state index contributed by atoms with van der Waals surface area (Å²) in [4.78, 5) is 34.2. The lowest BCUT2D eigenvalue weighted by atomic mass is 10.0. The number of aromatic nitrogens is 1. The Morgan fingerprint density at radius 2 is 2.07 bits per heavy atom. The smallest absolute Gasteiger partial charge is 0.263 e. The lowest BCUT2D eigenvalue weighted by molar-refractivity contribution is -0.120. The van der Waals surface area contributed by atoms with Gasteiger partial charge in [0.15, 0.2) is 11.6 Å². The van der Waals surface area contributed by atoms with E-state index in [1.54, 1.807) is 18.3 Å².